The molecule has 18 heavy (non-hydrogen) atoms. The Morgan fingerprint density at radius 2 is 2.28 bits per heavy atom. The van der Waals surface area contributed by atoms with E-state index in [4.69, 9.17) is 4.74 Å². The molecule has 0 aliphatic carbocycles. The number of nitrogens with zero attached hydrogens (tertiary/aromatic N) is 2. The highest BCUT2D eigenvalue weighted by atomic mass is 32.1. The van der Waals surface area contributed by atoms with Gasteiger partial charge in [0.15, 0.2) is 5.69 Å². The third-order valence-electron chi connectivity index (χ3n) is 2.17. The fourth-order valence-corrected chi connectivity index (χ4v) is 1.98. The van der Waals surface area contributed by atoms with Crippen LogP contribution in [-0.4, -0.2) is 22.7 Å². The molecule has 1 amide bonds. The molecule has 0 bridgehead atoms. The Bertz CT molecular complexity index is 497. The molecule has 1 N–H and O–H groups in total. The largest absolute Gasteiger partial charge is 0.477 e. The van der Waals surface area contributed by atoms with Gasteiger partial charge in [-0.2, -0.15) is 0 Å². The molecule has 6 heteroatoms. The highest BCUT2D eigenvalue weighted by molar-refractivity contribution is 7.09. The van der Waals surface area contributed by atoms with Crippen molar-refractivity contribution in [3.05, 3.63) is 40.2 Å². The number of thiophene rings is 1. The molecular weight excluding hydrogens is 250 g/mol. The second-order valence-electron chi connectivity index (χ2n) is 3.45. The highest BCUT2D eigenvalue weighted by Gasteiger charge is 2.08. The molecular formula is C12H13N3O2S. The summed E-state index contributed by atoms with van der Waals surface area (Å²) in [6.45, 7) is 2.90. The molecule has 2 aromatic heterocycles. The fourth-order valence-electron chi connectivity index (χ4n) is 1.34. The van der Waals surface area contributed by atoms with Crippen LogP contribution in [0.1, 0.15) is 22.3 Å². The second kappa shape index (κ2) is 6.11. The monoisotopic (exact) mass is 263 g/mol. The first-order valence-corrected chi connectivity index (χ1v) is 6.44. The van der Waals surface area contributed by atoms with Gasteiger partial charge in [0, 0.05) is 10.9 Å². The minimum atomic E-state index is -0.237. The maximum atomic E-state index is 11.8. The molecule has 5 nitrogen and oxygen atoms in total. The summed E-state index contributed by atoms with van der Waals surface area (Å²) < 4.78 is 5.16. The van der Waals surface area contributed by atoms with E-state index in [-0.39, 0.29) is 11.6 Å². The third kappa shape index (κ3) is 3.27. The van der Waals surface area contributed by atoms with Crippen LogP contribution in [0.3, 0.4) is 0 Å². The molecule has 94 valence electrons. The van der Waals surface area contributed by atoms with Crippen LogP contribution in [0.15, 0.2) is 29.6 Å². The quantitative estimate of drug-likeness (QED) is 0.894. The van der Waals surface area contributed by atoms with Crippen molar-refractivity contribution in [1.29, 1.82) is 0 Å². The number of aromatic nitrogens is 2. The van der Waals surface area contributed by atoms with Crippen molar-refractivity contribution in [3.63, 3.8) is 0 Å². The van der Waals surface area contributed by atoms with Gasteiger partial charge >= 0.3 is 0 Å². The van der Waals surface area contributed by atoms with Crippen LogP contribution < -0.4 is 10.1 Å². The molecule has 0 aliphatic heterocycles. The zero-order valence-electron chi connectivity index (χ0n) is 9.92. The molecule has 0 aliphatic rings. The third-order valence-corrected chi connectivity index (χ3v) is 3.04. The van der Waals surface area contributed by atoms with Crippen LogP contribution >= 0.6 is 11.3 Å². The highest BCUT2D eigenvalue weighted by Crippen LogP contribution is 2.08. The number of nitrogens with one attached hydrogen (secondary N) is 1. The number of ether oxygens (including phenoxy) is 1. The van der Waals surface area contributed by atoms with Gasteiger partial charge in [0.25, 0.3) is 5.91 Å². The maximum Gasteiger partial charge on any atom is 0.272 e. The topological polar surface area (TPSA) is 64.1 Å². The Hall–Kier alpha value is -1.95. The van der Waals surface area contributed by atoms with Gasteiger partial charge in [-0.15, -0.1) is 21.5 Å². The van der Waals surface area contributed by atoms with Crippen LogP contribution in [0.25, 0.3) is 0 Å². The average molecular weight is 263 g/mol. The lowest BCUT2D eigenvalue weighted by Gasteiger charge is -2.03. The summed E-state index contributed by atoms with van der Waals surface area (Å²) in [6.07, 6.45) is 0. The number of carbonyl (C=O) groups is 1. The molecule has 0 atom stereocenters. The van der Waals surface area contributed by atoms with E-state index >= 15 is 0 Å². The summed E-state index contributed by atoms with van der Waals surface area (Å²) in [7, 11) is 0. The van der Waals surface area contributed by atoms with Crippen molar-refractivity contribution in [3.8, 4) is 5.88 Å². The second-order valence-corrected chi connectivity index (χ2v) is 4.48. The Labute approximate surface area is 109 Å². The van der Waals surface area contributed by atoms with Gasteiger partial charge in [-0.1, -0.05) is 6.07 Å². The van der Waals surface area contributed by atoms with Gasteiger partial charge < -0.3 is 10.1 Å². The van der Waals surface area contributed by atoms with Gasteiger partial charge in [0.05, 0.1) is 13.2 Å². The zero-order valence-corrected chi connectivity index (χ0v) is 10.7. The minimum absolute atomic E-state index is 0.237. The number of rotatable bonds is 5. The van der Waals surface area contributed by atoms with E-state index in [1.165, 1.54) is 0 Å². The molecule has 2 rings (SSSR count). The van der Waals surface area contributed by atoms with Crippen molar-refractivity contribution in [2.24, 2.45) is 0 Å². The van der Waals surface area contributed by atoms with Gasteiger partial charge in [0.2, 0.25) is 5.88 Å². The van der Waals surface area contributed by atoms with Gasteiger partial charge in [0.1, 0.15) is 0 Å². The Morgan fingerprint density at radius 3 is 2.89 bits per heavy atom. The van der Waals surface area contributed by atoms with Crippen LogP contribution in [0.4, 0.5) is 0 Å². The van der Waals surface area contributed by atoms with Crippen molar-refractivity contribution in [2.45, 2.75) is 13.5 Å². The standard InChI is InChI=1S/C12H13N3O2S/c1-2-17-11-6-5-10(14-15-11)12(16)13-8-9-4-3-7-18-9/h3-7H,2,8H2,1H3,(H,13,16). The smallest absolute Gasteiger partial charge is 0.272 e. The molecule has 0 spiro atoms. The van der Waals surface area contributed by atoms with Gasteiger partial charge in [-0.25, -0.2) is 0 Å². The lowest BCUT2D eigenvalue weighted by atomic mass is 10.3. The average Bonchev–Trinajstić information content (AvgIpc) is 2.90. The van der Waals surface area contributed by atoms with Crippen LogP contribution in [0.5, 0.6) is 5.88 Å². The summed E-state index contributed by atoms with van der Waals surface area (Å²) in [5.41, 5.74) is 0.287. The molecule has 2 heterocycles. The molecule has 2 aromatic rings. The van der Waals surface area contributed by atoms with E-state index in [2.05, 4.69) is 15.5 Å². The summed E-state index contributed by atoms with van der Waals surface area (Å²) in [5.74, 6) is 0.186. The Balaban J connectivity index is 1.92. The van der Waals surface area contributed by atoms with E-state index in [1.54, 1.807) is 23.5 Å². The number of hydrogen-bond donors (Lipinski definition) is 1. The van der Waals surface area contributed by atoms with Gasteiger partial charge in [-0.3, -0.25) is 4.79 Å². The van der Waals surface area contributed by atoms with Crippen molar-refractivity contribution in [2.75, 3.05) is 6.61 Å². The van der Waals surface area contributed by atoms with Crippen LogP contribution in [0, 0.1) is 0 Å². The van der Waals surface area contributed by atoms with Crippen LogP contribution in [0.2, 0.25) is 0 Å². The molecule has 0 saturated heterocycles. The van der Waals surface area contributed by atoms with E-state index < -0.39 is 0 Å². The summed E-state index contributed by atoms with van der Waals surface area (Å²) >= 11 is 1.60. The maximum absolute atomic E-state index is 11.8. The predicted octanol–water partition coefficient (Wildman–Crippen LogP) is 1.87. The molecule has 0 fully saturated rings. The van der Waals surface area contributed by atoms with E-state index in [9.17, 15) is 4.79 Å². The van der Waals surface area contributed by atoms with Crippen molar-refractivity contribution < 1.29 is 9.53 Å². The summed E-state index contributed by atoms with van der Waals surface area (Å²) in [5, 5.41) is 12.4. The first-order valence-electron chi connectivity index (χ1n) is 5.56. The Morgan fingerprint density at radius 1 is 1.39 bits per heavy atom. The van der Waals surface area contributed by atoms with E-state index in [0.717, 1.165) is 4.88 Å². The zero-order chi connectivity index (χ0) is 12.8. The first kappa shape index (κ1) is 12.5. The molecule has 0 unspecified atom stereocenters. The lowest BCUT2D eigenvalue weighted by molar-refractivity contribution is 0.0945. The van der Waals surface area contributed by atoms with Crippen LogP contribution in [-0.2, 0) is 6.54 Å². The fraction of sp³-hybridized carbons (Fsp3) is 0.250. The SMILES string of the molecule is CCOc1ccc(C(=O)NCc2cccs2)nn1. The number of amides is 1. The predicted molar refractivity (Wildman–Crippen MR) is 68.7 cm³/mol. The normalized spacial score (nSPS) is 10.1. The first-order chi connectivity index (χ1) is 8.79. The van der Waals surface area contributed by atoms with Crippen molar-refractivity contribution in [1.82, 2.24) is 15.5 Å². The van der Waals surface area contributed by atoms with E-state index in [1.807, 2.05) is 24.4 Å². The lowest BCUT2D eigenvalue weighted by Crippen LogP contribution is -2.23. The Kier molecular flexibility index (Phi) is 4.25. The molecule has 0 aromatic carbocycles. The van der Waals surface area contributed by atoms with Crippen molar-refractivity contribution >= 4 is 17.2 Å². The molecule has 0 saturated carbocycles. The number of hydrogen-bond acceptors (Lipinski definition) is 5. The summed E-state index contributed by atoms with van der Waals surface area (Å²) in [4.78, 5) is 12.9. The van der Waals surface area contributed by atoms with Gasteiger partial charge in [-0.05, 0) is 24.4 Å². The molecule has 0 radical (unpaired) electrons. The minimum Gasteiger partial charge on any atom is -0.477 e. The van der Waals surface area contributed by atoms with E-state index in [0.29, 0.717) is 19.0 Å². The number of carbonyl (C=O) groups excluding carboxylic acids is 1. The summed E-state index contributed by atoms with van der Waals surface area (Å²) in [6, 6.07) is 7.15.